The predicted octanol–water partition coefficient (Wildman–Crippen LogP) is 1.78. The van der Waals surface area contributed by atoms with Crippen LogP contribution in [0.4, 0.5) is 0 Å². The Labute approximate surface area is 122 Å². The highest BCUT2D eigenvalue weighted by atomic mass is 16.6. The van der Waals surface area contributed by atoms with Crippen molar-refractivity contribution >= 4 is 17.5 Å². The van der Waals surface area contributed by atoms with Crippen molar-refractivity contribution < 1.29 is 23.8 Å². The zero-order valence-electron chi connectivity index (χ0n) is 11.9. The zero-order valence-corrected chi connectivity index (χ0v) is 11.9. The van der Waals surface area contributed by atoms with E-state index in [2.05, 4.69) is 0 Å². The Bertz CT molecular complexity index is 604. The Hall–Kier alpha value is -2.30. The van der Waals surface area contributed by atoms with Crippen molar-refractivity contribution in [2.24, 2.45) is 11.8 Å². The van der Waals surface area contributed by atoms with Gasteiger partial charge in [-0.05, 0) is 12.5 Å². The van der Waals surface area contributed by atoms with E-state index in [-0.39, 0.29) is 29.7 Å². The molecule has 0 spiro atoms. The van der Waals surface area contributed by atoms with Crippen molar-refractivity contribution in [1.82, 2.24) is 0 Å². The number of ether oxygens (including phenoxy) is 3. The van der Waals surface area contributed by atoms with Crippen molar-refractivity contribution in [3.8, 4) is 0 Å². The molecule has 0 bridgehead atoms. The number of hydrogen-bond acceptors (Lipinski definition) is 5. The Morgan fingerprint density at radius 2 is 1.95 bits per heavy atom. The number of benzene rings is 1. The van der Waals surface area contributed by atoms with Crippen LogP contribution < -0.4 is 0 Å². The number of esters is 2. The lowest BCUT2D eigenvalue weighted by Crippen LogP contribution is -2.16. The van der Waals surface area contributed by atoms with Gasteiger partial charge in [0, 0.05) is 11.5 Å². The molecule has 1 saturated carbocycles. The van der Waals surface area contributed by atoms with Crippen molar-refractivity contribution in [2.75, 3.05) is 13.7 Å². The van der Waals surface area contributed by atoms with E-state index in [0.29, 0.717) is 6.61 Å². The molecule has 2 aliphatic rings. The molecule has 110 valence electrons. The second-order valence-corrected chi connectivity index (χ2v) is 4.99. The molecule has 3 atom stereocenters. The predicted molar refractivity (Wildman–Crippen MR) is 73.9 cm³/mol. The van der Waals surface area contributed by atoms with E-state index in [1.54, 1.807) is 6.92 Å². The van der Waals surface area contributed by atoms with Crippen LogP contribution in [0.25, 0.3) is 5.57 Å². The maximum absolute atomic E-state index is 11.9. The number of methoxy groups -OCH3 is 1. The molecule has 0 aromatic heterocycles. The number of hydrogen-bond donors (Lipinski definition) is 0. The molecule has 0 unspecified atom stereocenters. The maximum Gasteiger partial charge on any atom is 0.373 e. The minimum atomic E-state index is -0.510. The number of carbonyl (C=O) groups is 2. The normalized spacial score (nSPS) is 25.9. The van der Waals surface area contributed by atoms with Gasteiger partial charge in [-0.1, -0.05) is 30.3 Å². The first-order valence-electron chi connectivity index (χ1n) is 6.90. The Morgan fingerprint density at radius 1 is 1.24 bits per heavy atom. The molecule has 1 fully saturated rings. The molecular weight excluding hydrogens is 272 g/mol. The Morgan fingerprint density at radius 3 is 2.57 bits per heavy atom. The first-order valence-corrected chi connectivity index (χ1v) is 6.90. The number of rotatable bonds is 4. The van der Waals surface area contributed by atoms with Crippen molar-refractivity contribution in [3.63, 3.8) is 0 Å². The van der Waals surface area contributed by atoms with Crippen LogP contribution in [-0.4, -0.2) is 31.8 Å². The van der Waals surface area contributed by atoms with Gasteiger partial charge in [0.2, 0.25) is 5.76 Å². The smallest absolute Gasteiger partial charge is 0.373 e. The van der Waals surface area contributed by atoms with Crippen LogP contribution in [0.1, 0.15) is 12.5 Å². The van der Waals surface area contributed by atoms with Gasteiger partial charge in [0.15, 0.2) is 0 Å². The van der Waals surface area contributed by atoms with Gasteiger partial charge in [-0.2, -0.15) is 0 Å². The van der Waals surface area contributed by atoms with E-state index in [9.17, 15) is 9.59 Å². The average molecular weight is 288 g/mol. The molecular formula is C16H16O5. The van der Waals surface area contributed by atoms with Gasteiger partial charge in [-0.15, -0.1) is 0 Å². The van der Waals surface area contributed by atoms with E-state index >= 15 is 0 Å². The summed E-state index contributed by atoms with van der Waals surface area (Å²) in [5.74, 6) is -1.03. The summed E-state index contributed by atoms with van der Waals surface area (Å²) < 4.78 is 15.5. The van der Waals surface area contributed by atoms with Gasteiger partial charge >= 0.3 is 11.9 Å². The van der Waals surface area contributed by atoms with Gasteiger partial charge in [0.1, 0.15) is 12.0 Å². The second-order valence-electron chi connectivity index (χ2n) is 4.99. The average Bonchev–Trinajstić information content (AvgIpc) is 3.08. The molecule has 1 aromatic rings. The molecule has 0 saturated heterocycles. The molecule has 5 heteroatoms. The van der Waals surface area contributed by atoms with Gasteiger partial charge < -0.3 is 14.2 Å². The lowest BCUT2D eigenvalue weighted by atomic mass is 9.99. The summed E-state index contributed by atoms with van der Waals surface area (Å²) in [6, 6.07) is 9.44. The molecule has 0 N–H and O–H groups in total. The minimum Gasteiger partial charge on any atom is -0.481 e. The van der Waals surface area contributed by atoms with Crippen LogP contribution in [-0.2, 0) is 23.8 Å². The second kappa shape index (κ2) is 5.24. The van der Waals surface area contributed by atoms with Crippen LogP contribution in [0.15, 0.2) is 36.1 Å². The van der Waals surface area contributed by atoms with Crippen LogP contribution >= 0.6 is 0 Å². The quantitative estimate of drug-likeness (QED) is 0.790. The lowest BCUT2D eigenvalue weighted by molar-refractivity contribution is -0.147. The molecule has 1 heterocycles. The maximum atomic E-state index is 11.9. The largest absolute Gasteiger partial charge is 0.481 e. The van der Waals surface area contributed by atoms with Gasteiger partial charge in [-0.3, -0.25) is 4.79 Å². The van der Waals surface area contributed by atoms with E-state index in [1.165, 1.54) is 7.11 Å². The van der Waals surface area contributed by atoms with Crippen LogP contribution in [0.3, 0.4) is 0 Å². The third-order valence-electron chi connectivity index (χ3n) is 3.80. The third kappa shape index (κ3) is 2.18. The van der Waals surface area contributed by atoms with Crippen LogP contribution in [0.5, 0.6) is 0 Å². The molecule has 3 rings (SSSR count). The summed E-state index contributed by atoms with van der Waals surface area (Å²) >= 11 is 0. The first kappa shape index (κ1) is 13.7. The third-order valence-corrected chi connectivity index (χ3v) is 3.80. The summed E-state index contributed by atoms with van der Waals surface area (Å²) in [5, 5.41) is 0. The SMILES string of the molecule is CCOC(=O)[C@@H]1[C@H]2OC(C(=O)OC)=C(c3ccccc3)[C@H]21. The highest BCUT2D eigenvalue weighted by Crippen LogP contribution is 2.58. The molecule has 21 heavy (non-hydrogen) atoms. The summed E-state index contributed by atoms with van der Waals surface area (Å²) in [6.07, 6.45) is -0.312. The molecule has 1 aliphatic heterocycles. The first-order chi connectivity index (χ1) is 10.2. The van der Waals surface area contributed by atoms with Crippen LogP contribution in [0, 0.1) is 11.8 Å². The summed E-state index contributed by atoms with van der Waals surface area (Å²) in [4.78, 5) is 23.7. The number of fused-ring (bicyclic) bond motifs is 1. The summed E-state index contributed by atoms with van der Waals surface area (Å²) in [6.45, 7) is 2.10. The van der Waals surface area contributed by atoms with Gasteiger partial charge in [0.25, 0.3) is 0 Å². The van der Waals surface area contributed by atoms with Crippen molar-refractivity contribution in [3.05, 3.63) is 41.7 Å². The van der Waals surface area contributed by atoms with Crippen molar-refractivity contribution in [2.45, 2.75) is 13.0 Å². The Balaban J connectivity index is 1.94. The fourth-order valence-corrected chi connectivity index (χ4v) is 2.84. The van der Waals surface area contributed by atoms with Crippen LogP contribution in [0.2, 0.25) is 0 Å². The molecule has 5 nitrogen and oxygen atoms in total. The lowest BCUT2D eigenvalue weighted by Gasteiger charge is -2.11. The zero-order chi connectivity index (χ0) is 15.0. The highest BCUT2D eigenvalue weighted by Gasteiger charge is 2.65. The van der Waals surface area contributed by atoms with Gasteiger partial charge in [-0.25, -0.2) is 4.79 Å². The topological polar surface area (TPSA) is 61.8 Å². The van der Waals surface area contributed by atoms with E-state index < -0.39 is 5.97 Å². The van der Waals surface area contributed by atoms with E-state index in [4.69, 9.17) is 14.2 Å². The molecule has 0 radical (unpaired) electrons. The fourth-order valence-electron chi connectivity index (χ4n) is 2.84. The van der Waals surface area contributed by atoms with Gasteiger partial charge in [0.05, 0.1) is 13.7 Å². The van der Waals surface area contributed by atoms with Crippen molar-refractivity contribution in [1.29, 1.82) is 0 Å². The minimum absolute atomic E-state index is 0.124. The van der Waals surface area contributed by atoms with E-state index in [0.717, 1.165) is 11.1 Å². The number of carbonyl (C=O) groups excluding carboxylic acids is 2. The fraction of sp³-hybridized carbons (Fsp3) is 0.375. The summed E-state index contributed by atoms with van der Waals surface area (Å²) in [7, 11) is 1.31. The molecule has 1 aromatic carbocycles. The molecule has 1 aliphatic carbocycles. The standard InChI is InChI=1S/C16H16O5/c1-3-20-15(17)12-11-10(9-7-5-4-6-8-9)14(16(18)19-2)21-13(11)12/h4-8,11-13H,3H2,1-2H3/t11-,12-,13-/m0/s1. The monoisotopic (exact) mass is 288 g/mol. The van der Waals surface area contributed by atoms with E-state index in [1.807, 2.05) is 30.3 Å². The molecule has 0 amide bonds. The highest BCUT2D eigenvalue weighted by molar-refractivity contribution is 6.00. The Kier molecular flexibility index (Phi) is 3.41. The summed E-state index contributed by atoms with van der Waals surface area (Å²) in [5.41, 5.74) is 1.61.